The predicted octanol–water partition coefficient (Wildman–Crippen LogP) is 6.68. The molecule has 1 atom stereocenters. The Labute approximate surface area is 222 Å². The van der Waals surface area contributed by atoms with Gasteiger partial charge in [0, 0.05) is 34.7 Å². The number of halogens is 2. The number of aromatic nitrogens is 1. The first-order chi connectivity index (χ1) is 18.2. The van der Waals surface area contributed by atoms with Crippen LogP contribution in [0.4, 0.5) is 4.39 Å². The number of nitrogens with one attached hydrogen (secondary N) is 1. The maximum absolute atomic E-state index is 13.7. The Morgan fingerprint density at radius 3 is 2.37 bits per heavy atom. The number of benzene rings is 3. The van der Waals surface area contributed by atoms with Crippen molar-refractivity contribution >= 4 is 23.3 Å². The van der Waals surface area contributed by atoms with E-state index in [0.29, 0.717) is 34.0 Å². The molecular formula is C29H24ClFN2O5. The molecule has 0 radical (unpaired) electrons. The first-order valence-electron chi connectivity index (χ1n) is 11.6. The van der Waals surface area contributed by atoms with E-state index >= 15 is 0 Å². The van der Waals surface area contributed by atoms with Gasteiger partial charge in [0.1, 0.15) is 17.3 Å². The Kier molecular flexibility index (Phi) is 7.93. The van der Waals surface area contributed by atoms with Gasteiger partial charge in [0.25, 0.3) is 5.56 Å². The molecule has 3 N–H and O–H groups in total. The molecule has 1 aromatic heterocycles. The highest BCUT2D eigenvalue weighted by Crippen LogP contribution is 2.34. The second-order valence-electron chi connectivity index (χ2n) is 8.82. The number of hydrogen-bond donors (Lipinski definition) is 3. The Hall–Kier alpha value is -4.43. The fourth-order valence-electron chi connectivity index (χ4n) is 4.25. The number of H-pyrrole nitrogens is 1. The number of oxime groups is 1. The molecule has 38 heavy (non-hydrogen) atoms. The van der Waals surface area contributed by atoms with Crippen molar-refractivity contribution in [3.05, 3.63) is 128 Å². The van der Waals surface area contributed by atoms with E-state index in [-0.39, 0.29) is 17.2 Å². The number of carbonyl (C=O) groups is 1. The molecule has 1 heterocycles. The highest BCUT2D eigenvalue weighted by atomic mass is 35.5. The van der Waals surface area contributed by atoms with Crippen LogP contribution in [0.1, 0.15) is 50.5 Å². The van der Waals surface area contributed by atoms with Gasteiger partial charge in [0.2, 0.25) is 0 Å². The molecule has 7 nitrogen and oxygen atoms in total. The van der Waals surface area contributed by atoms with E-state index in [1.807, 2.05) is 31.2 Å². The van der Waals surface area contributed by atoms with Gasteiger partial charge in [-0.1, -0.05) is 35.0 Å². The van der Waals surface area contributed by atoms with Crippen LogP contribution in [0.3, 0.4) is 0 Å². The number of carboxylic acids is 1. The second-order valence-corrected chi connectivity index (χ2v) is 9.26. The van der Waals surface area contributed by atoms with Crippen LogP contribution < -0.4 is 10.3 Å². The minimum Gasteiger partial charge on any atom is -0.478 e. The number of rotatable bonds is 8. The first kappa shape index (κ1) is 26.6. The standard InChI is InChI=1S/C29H24ClFN2O5/c1-16-12-20(30)5-9-23(16)24(14-27(33-37)19-11-17(2)28(34)32-15-19)18-3-6-21(7-4-18)38-22-8-10-26(31)25(13-22)29(35)36/h3-13,15,24,37H,14H2,1-2H3,(H,32,34)(H,35,36)/b33-27+. The number of ether oxygens (including phenoxy) is 1. The van der Waals surface area contributed by atoms with Gasteiger partial charge in [-0.2, -0.15) is 0 Å². The van der Waals surface area contributed by atoms with Crippen molar-refractivity contribution in [3.8, 4) is 11.5 Å². The largest absolute Gasteiger partial charge is 0.478 e. The third kappa shape index (κ3) is 5.92. The molecule has 9 heteroatoms. The summed E-state index contributed by atoms with van der Waals surface area (Å²) in [5.74, 6) is -1.87. The minimum absolute atomic E-state index is 0.185. The molecule has 194 valence electrons. The number of aromatic carboxylic acids is 1. The lowest BCUT2D eigenvalue weighted by molar-refractivity contribution is 0.0691. The van der Waals surface area contributed by atoms with Gasteiger partial charge < -0.3 is 20.0 Å². The zero-order valence-electron chi connectivity index (χ0n) is 20.5. The van der Waals surface area contributed by atoms with Crippen molar-refractivity contribution < 1.29 is 24.2 Å². The third-order valence-electron chi connectivity index (χ3n) is 6.23. The lowest BCUT2D eigenvalue weighted by atomic mass is 9.83. The number of aromatic amines is 1. The van der Waals surface area contributed by atoms with Crippen molar-refractivity contribution in [1.29, 1.82) is 0 Å². The summed E-state index contributed by atoms with van der Waals surface area (Å²) in [6.45, 7) is 3.62. The van der Waals surface area contributed by atoms with E-state index in [1.165, 1.54) is 12.3 Å². The smallest absolute Gasteiger partial charge is 0.338 e. The lowest BCUT2D eigenvalue weighted by Crippen LogP contribution is -2.15. The van der Waals surface area contributed by atoms with Gasteiger partial charge in [-0.3, -0.25) is 4.79 Å². The molecule has 4 rings (SSSR count). The molecule has 0 amide bonds. The number of pyridine rings is 1. The van der Waals surface area contributed by atoms with Gasteiger partial charge >= 0.3 is 5.97 Å². The van der Waals surface area contributed by atoms with E-state index < -0.39 is 17.3 Å². The summed E-state index contributed by atoms with van der Waals surface area (Å²) >= 11 is 6.19. The van der Waals surface area contributed by atoms with Crippen LogP contribution in [-0.2, 0) is 0 Å². The quantitative estimate of drug-likeness (QED) is 0.133. The minimum atomic E-state index is -1.39. The van der Waals surface area contributed by atoms with Gasteiger partial charge in [-0.15, -0.1) is 0 Å². The Balaban J connectivity index is 1.68. The molecule has 0 fully saturated rings. The topological polar surface area (TPSA) is 112 Å². The molecule has 1 unspecified atom stereocenters. The summed E-state index contributed by atoms with van der Waals surface area (Å²) in [5, 5.41) is 23.2. The highest BCUT2D eigenvalue weighted by Gasteiger charge is 2.21. The SMILES string of the molecule is Cc1cc(Cl)ccc1C(C/C(=N\O)c1c[nH]c(=O)c(C)c1)c1ccc(Oc2ccc(F)c(C(=O)O)c2)cc1. The number of aryl methyl sites for hydroxylation is 2. The van der Waals surface area contributed by atoms with E-state index in [2.05, 4.69) is 10.1 Å². The average Bonchev–Trinajstić information content (AvgIpc) is 2.89. The Morgan fingerprint density at radius 1 is 1.03 bits per heavy atom. The summed E-state index contributed by atoms with van der Waals surface area (Å²) in [6.07, 6.45) is 1.83. The maximum atomic E-state index is 13.7. The summed E-state index contributed by atoms with van der Waals surface area (Å²) < 4.78 is 19.5. The van der Waals surface area contributed by atoms with E-state index in [9.17, 15) is 19.2 Å². The number of nitrogens with zero attached hydrogens (tertiary/aromatic N) is 1. The zero-order valence-corrected chi connectivity index (χ0v) is 21.3. The fourth-order valence-corrected chi connectivity index (χ4v) is 4.47. The van der Waals surface area contributed by atoms with Crippen LogP contribution in [0.2, 0.25) is 5.02 Å². The van der Waals surface area contributed by atoms with Gasteiger partial charge in [0.15, 0.2) is 0 Å². The molecule has 0 bridgehead atoms. The molecular weight excluding hydrogens is 511 g/mol. The second kappa shape index (κ2) is 11.3. The number of hydrogen-bond acceptors (Lipinski definition) is 5. The third-order valence-corrected chi connectivity index (χ3v) is 6.47. The van der Waals surface area contributed by atoms with Crippen molar-refractivity contribution in [2.45, 2.75) is 26.2 Å². The normalized spacial score (nSPS) is 12.3. The molecule has 4 aromatic rings. The average molecular weight is 535 g/mol. The fraction of sp³-hybridized carbons (Fsp3) is 0.138. The van der Waals surface area contributed by atoms with Crippen molar-refractivity contribution in [2.24, 2.45) is 5.16 Å². The Morgan fingerprint density at radius 2 is 1.74 bits per heavy atom. The number of carboxylic acid groups (broad SMARTS) is 1. The first-order valence-corrected chi connectivity index (χ1v) is 12.0. The molecule has 0 spiro atoms. The molecule has 0 aliphatic carbocycles. The zero-order chi connectivity index (χ0) is 27.4. The van der Waals surface area contributed by atoms with Crippen LogP contribution in [0.25, 0.3) is 0 Å². The maximum Gasteiger partial charge on any atom is 0.338 e. The molecule has 0 aliphatic rings. The predicted molar refractivity (Wildman–Crippen MR) is 143 cm³/mol. The Bertz CT molecular complexity index is 1580. The highest BCUT2D eigenvalue weighted by molar-refractivity contribution is 6.30. The summed E-state index contributed by atoms with van der Waals surface area (Å²) in [5.41, 5.74) is 3.57. The molecule has 3 aromatic carbocycles. The molecule has 0 saturated carbocycles. The van der Waals surface area contributed by atoms with Crippen LogP contribution in [0.15, 0.2) is 82.9 Å². The van der Waals surface area contributed by atoms with Gasteiger partial charge in [-0.05, 0) is 79.1 Å². The van der Waals surface area contributed by atoms with E-state index in [4.69, 9.17) is 21.4 Å². The van der Waals surface area contributed by atoms with Gasteiger partial charge in [0.05, 0.1) is 11.3 Å². The molecule has 0 saturated heterocycles. The van der Waals surface area contributed by atoms with Crippen LogP contribution in [0, 0.1) is 19.7 Å². The van der Waals surface area contributed by atoms with Crippen molar-refractivity contribution in [2.75, 3.05) is 0 Å². The van der Waals surface area contributed by atoms with Crippen LogP contribution in [-0.4, -0.2) is 27.0 Å². The lowest BCUT2D eigenvalue weighted by Gasteiger charge is -2.21. The van der Waals surface area contributed by atoms with Gasteiger partial charge in [-0.25, -0.2) is 9.18 Å². The summed E-state index contributed by atoms with van der Waals surface area (Å²) in [7, 11) is 0. The van der Waals surface area contributed by atoms with E-state index in [0.717, 1.165) is 28.8 Å². The van der Waals surface area contributed by atoms with Crippen molar-refractivity contribution in [3.63, 3.8) is 0 Å². The summed E-state index contributed by atoms with van der Waals surface area (Å²) in [6, 6.07) is 17.9. The van der Waals surface area contributed by atoms with Crippen molar-refractivity contribution in [1.82, 2.24) is 4.98 Å². The monoisotopic (exact) mass is 534 g/mol. The van der Waals surface area contributed by atoms with Crippen LogP contribution in [0.5, 0.6) is 11.5 Å². The molecule has 0 aliphatic heterocycles. The summed E-state index contributed by atoms with van der Waals surface area (Å²) in [4.78, 5) is 25.7. The van der Waals surface area contributed by atoms with Crippen LogP contribution >= 0.6 is 11.6 Å². The van der Waals surface area contributed by atoms with E-state index in [1.54, 1.807) is 31.2 Å².